The first-order chi connectivity index (χ1) is 9.41. The molecule has 1 fully saturated rings. The summed E-state index contributed by atoms with van der Waals surface area (Å²) < 4.78 is 1.22. The quantitative estimate of drug-likeness (QED) is 0.655. The number of carboxylic acids is 1. The van der Waals surface area contributed by atoms with E-state index in [4.69, 9.17) is 5.11 Å². The second-order valence-corrected chi connectivity index (χ2v) is 4.79. The maximum atomic E-state index is 12.4. The highest BCUT2D eigenvalue weighted by atomic mass is 16.6. The fourth-order valence-electron chi connectivity index (χ4n) is 2.56. The lowest BCUT2D eigenvalue weighted by Crippen LogP contribution is -2.37. The number of carbonyl (C=O) groups excluding carboxylic acids is 1. The number of hydrogen-bond acceptors (Lipinski definition) is 4. The van der Waals surface area contributed by atoms with Crippen LogP contribution in [0.15, 0.2) is 12.1 Å². The van der Waals surface area contributed by atoms with Crippen LogP contribution in [0.2, 0.25) is 0 Å². The molecule has 0 radical (unpaired) electrons. The Morgan fingerprint density at radius 2 is 2.20 bits per heavy atom. The monoisotopic (exact) mass is 281 g/mol. The van der Waals surface area contributed by atoms with E-state index in [2.05, 4.69) is 0 Å². The smallest absolute Gasteiger partial charge is 0.323 e. The molecule has 1 aliphatic heterocycles. The highest BCUT2D eigenvalue weighted by molar-refractivity contribution is 5.94. The van der Waals surface area contributed by atoms with Crippen molar-refractivity contribution in [2.24, 2.45) is 7.05 Å². The Hall–Kier alpha value is -2.38. The summed E-state index contributed by atoms with van der Waals surface area (Å²) in [5.74, 6) is -1.47. The molecule has 2 rings (SSSR count). The van der Waals surface area contributed by atoms with Gasteiger partial charge in [-0.25, -0.2) is 4.57 Å². The lowest BCUT2D eigenvalue weighted by molar-refractivity contribution is -0.391. The molecular formula is C12H15N3O5. The zero-order chi connectivity index (χ0) is 14.9. The van der Waals surface area contributed by atoms with E-state index in [1.165, 1.54) is 28.6 Å². The summed E-state index contributed by atoms with van der Waals surface area (Å²) in [7, 11) is 1.45. The van der Waals surface area contributed by atoms with Crippen LogP contribution < -0.4 is 0 Å². The summed E-state index contributed by atoms with van der Waals surface area (Å²) >= 11 is 0. The van der Waals surface area contributed by atoms with Crippen molar-refractivity contribution in [3.63, 3.8) is 0 Å². The number of rotatable bonds is 4. The van der Waals surface area contributed by atoms with Crippen LogP contribution in [0.3, 0.4) is 0 Å². The molecule has 1 aromatic heterocycles. The Kier molecular flexibility index (Phi) is 3.73. The number of aliphatic carboxylic acids is 1. The van der Waals surface area contributed by atoms with Crippen LogP contribution in [-0.2, 0) is 11.8 Å². The van der Waals surface area contributed by atoms with Gasteiger partial charge >= 0.3 is 11.8 Å². The van der Waals surface area contributed by atoms with E-state index in [-0.39, 0.29) is 29.9 Å². The van der Waals surface area contributed by atoms with Crippen LogP contribution in [0.25, 0.3) is 0 Å². The molecule has 0 aromatic carbocycles. The van der Waals surface area contributed by atoms with Crippen molar-refractivity contribution < 1.29 is 19.6 Å². The maximum absolute atomic E-state index is 12.4. The van der Waals surface area contributed by atoms with Crippen molar-refractivity contribution in [2.75, 3.05) is 6.54 Å². The van der Waals surface area contributed by atoms with Crippen LogP contribution in [-0.4, -0.2) is 44.0 Å². The van der Waals surface area contributed by atoms with Crippen molar-refractivity contribution >= 4 is 17.7 Å². The zero-order valence-electron chi connectivity index (χ0n) is 11.0. The third kappa shape index (κ3) is 2.49. The van der Waals surface area contributed by atoms with E-state index in [0.717, 1.165) is 6.42 Å². The molecule has 8 nitrogen and oxygen atoms in total. The number of carboxylic acid groups (broad SMARTS) is 1. The van der Waals surface area contributed by atoms with Gasteiger partial charge in [0.05, 0.1) is 13.5 Å². The molecule has 1 unspecified atom stereocenters. The summed E-state index contributed by atoms with van der Waals surface area (Å²) in [6, 6.07) is 2.33. The Morgan fingerprint density at radius 3 is 2.75 bits per heavy atom. The molecule has 0 bridgehead atoms. The molecule has 1 saturated heterocycles. The molecule has 1 N–H and O–H groups in total. The maximum Gasteiger partial charge on any atom is 0.323 e. The van der Waals surface area contributed by atoms with E-state index in [1.54, 1.807) is 0 Å². The van der Waals surface area contributed by atoms with Gasteiger partial charge in [0.25, 0.3) is 5.91 Å². The number of nitro groups is 1. The van der Waals surface area contributed by atoms with E-state index >= 15 is 0 Å². The first-order valence-electron chi connectivity index (χ1n) is 6.24. The fourth-order valence-corrected chi connectivity index (χ4v) is 2.56. The van der Waals surface area contributed by atoms with Crippen molar-refractivity contribution in [1.29, 1.82) is 0 Å². The van der Waals surface area contributed by atoms with E-state index in [0.29, 0.717) is 13.0 Å². The van der Waals surface area contributed by atoms with Gasteiger partial charge in [-0.3, -0.25) is 9.59 Å². The highest BCUT2D eigenvalue weighted by Gasteiger charge is 2.34. The third-order valence-electron chi connectivity index (χ3n) is 3.55. The molecule has 8 heteroatoms. The molecule has 108 valence electrons. The second kappa shape index (κ2) is 5.32. The minimum absolute atomic E-state index is 0.0990. The molecule has 2 heterocycles. The van der Waals surface area contributed by atoms with Gasteiger partial charge in [0.2, 0.25) is 0 Å². The van der Waals surface area contributed by atoms with Gasteiger partial charge in [0.1, 0.15) is 0 Å². The van der Waals surface area contributed by atoms with Gasteiger partial charge in [0, 0.05) is 18.7 Å². The largest absolute Gasteiger partial charge is 0.481 e. The number of likely N-dealkylation sites (tertiary alicyclic amines) is 1. The first kappa shape index (κ1) is 14.0. The molecular weight excluding hydrogens is 266 g/mol. The number of aromatic nitrogens is 1. The fraction of sp³-hybridized carbons (Fsp3) is 0.500. The molecule has 1 atom stereocenters. The SMILES string of the molecule is Cn1c(C(=O)N2CCCC2CC(=O)O)ccc1[N+](=O)[O-]. The predicted octanol–water partition coefficient (Wildman–Crippen LogP) is 1.01. The van der Waals surface area contributed by atoms with Crippen molar-refractivity contribution in [1.82, 2.24) is 9.47 Å². The normalized spacial score (nSPS) is 18.2. The van der Waals surface area contributed by atoms with Gasteiger partial charge < -0.3 is 20.1 Å². The molecule has 0 saturated carbocycles. The van der Waals surface area contributed by atoms with Crippen molar-refractivity contribution in [3.05, 3.63) is 27.9 Å². The lowest BCUT2D eigenvalue weighted by atomic mass is 10.1. The third-order valence-corrected chi connectivity index (χ3v) is 3.55. The second-order valence-electron chi connectivity index (χ2n) is 4.79. The van der Waals surface area contributed by atoms with Crippen molar-refractivity contribution in [2.45, 2.75) is 25.3 Å². The minimum atomic E-state index is -0.951. The van der Waals surface area contributed by atoms with Gasteiger partial charge in [-0.15, -0.1) is 0 Å². The summed E-state index contributed by atoms with van der Waals surface area (Å²) in [6.07, 6.45) is 1.29. The topological polar surface area (TPSA) is 106 Å². The minimum Gasteiger partial charge on any atom is -0.481 e. The summed E-state index contributed by atoms with van der Waals surface area (Å²) in [5, 5.41) is 19.6. The highest BCUT2D eigenvalue weighted by Crippen LogP contribution is 2.24. The summed E-state index contributed by atoms with van der Waals surface area (Å²) in [5.41, 5.74) is 0.203. The molecule has 1 aromatic rings. The predicted molar refractivity (Wildman–Crippen MR) is 68.4 cm³/mol. The van der Waals surface area contributed by atoms with Crippen LogP contribution >= 0.6 is 0 Å². The van der Waals surface area contributed by atoms with E-state index in [9.17, 15) is 19.7 Å². The summed E-state index contributed by atoms with van der Waals surface area (Å²) in [6.45, 7) is 0.482. The molecule has 0 aliphatic carbocycles. The Labute approximate surface area is 114 Å². The molecule has 1 aliphatic rings. The number of amides is 1. The lowest BCUT2D eigenvalue weighted by Gasteiger charge is -2.22. The number of hydrogen-bond donors (Lipinski definition) is 1. The number of nitrogens with zero attached hydrogens (tertiary/aromatic N) is 3. The van der Waals surface area contributed by atoms with Crippen molar-refractivity contribution in [3.8, 4) is 0 Å². The van der Waals surface area contributed by atoms with Crippen LogP contribution in [0, 0.1) is 10.1 Å². The molecule has 1 amide bonds. The Morgan fingerprint density at radius 1 is 1.50 bits per heavy atom. The van der Waals surface area contributed by atoms with Crippen LogP contribution in [0.5, 0.6) is 0 Å². The Bertz CT molecular complexity index is 565. The average Bonchev–Trinajstić information content (AvgIpc) is 2.94. The molecule has 20 heavy (non-hydrogen) atoms. The van der Waals surface area contributed by atoms with Gasteiger partial charge in [0.15, 0.2) is 5.69 Å². The summed E-state index contributed by atoms with van der Waals surface area (Å²) in [4.78, 5) is 34.9. The van der Waals surface area contributed by atoms with Gasteiger partial charge in [-0.05, 0) is 23.8 Å². The molecule has 0 spiro atoms. The van der Waals surface area contributed by atoms with Gasteiger partial charge in [-0.1, -0.05) is 0 Å². The Balaban J connectivity index is 2.22. The van der Waals surface area contributed by atoms with Crippen LogP contribution in [0.4, 0.5) is 5.82 Å². The zero-order valence-corrected chi connectivity index (χ0v) is 11.0. The van der Waals surface area contributed by atoms with E-state index < -0.39 is 10.9 Å². The standard InChI is InChI=1S/C12H15N3O5/c1-13-9(4-5-10(13)15(19)20)12(18)14-6-2-3-8(14)7-11(16)17/h4-5,8H,2-3,6-7H2,1H3,(H,16,17). The van der Waals surface area contributed by atoms with Crippen LogP contribution in [0.1, 0.15) is 29.8 Å². The van der Waals surface area contributed by atoms with Gasteiger partial charge in [-0.2, -0.15) is 0 Å². The average molecular weight is 281 g/mol. The number of carbonyl (C=O) groups is 2. The van der Waals surface area contributed by atoms with E-state index in [1.807, 2.05) is 0 Å². The first-order valence-corrected chi connectivity index (χ1v) is 6.24.